The van der Waals surface area contributed by atoms with E-state index in [1.54, 1.807) is 0 Å². The van der Waals surface area contributed by atoms with Crippen molar-refractivity contribution in [2.75, 3.05) is 13.1 Å². The van der Waals surface area contributed by atoms with Gasteiger partial charge in [-0.3, -0.25) is 4.48 Å². The lowest BCUT2D eigenvalue weighted by Crippen LogP contribution is -2.40. The molecule has 0 aromatic rings. The summed E-state index contributed by atoms with van der Waals surface area (Å²) >= 11 is 0. The quantitative estimate of drug-likeness (QED) is 0.427. The molecule has 0 spiro atoms. The van der Waals surface area contributed by atoms with Gasteiger partial charge in [-0.15, -0.1) is 0 Å². The molecule has 1 aliphatic heterocycles. The van der Waals surface area contributed by atoms with Crippen LogP contribution in [0.15, 0.2) is 17.4 Å². The molecule has 0 amide bonds. The SMILES string of the molecule is CCCCCCCC[N+]1(CC)C=CN=C1. The predicted octanol–water partition coefficient (Wildman–Crippen LogP) is 3.70. The number of rotatable bonds is 8. The maximum atomic E-state index is 4.20. The zero-order valence-electron chi connectivity index (χ0n) is 10.3. The maximum Gasteiger partial charge on any atom is 0.194 e. The van der Waals surface area contributed by atoms with Gasteiger partial charge < -0.3 is 0 Å². The molecule has 0 N–H and O–H groups in total. The standard InChI is InChI=1S/C13H25N2/c1-3-5-6-7-8-9-11-15(4-2)12-10-14-13-15/h10,12-13H,3-9,11H2,1-2H3/q+1. The van der Waals surface area contributed by atoms with Crippen LogP contribution in [0, 0.1) is 0 Å². The van der Waals surface area contributed by atoms with Gasteiger partial charge in [0.2, 0.25) is 0 Å². The van der Waals surface area contributed by atoms with Crippen LogP contribution in [0.3, 0.4) is 0 Å². The minimum absolute atomic E-state index is 0.966. The second kappa shape index (κ2) is 6.78. The van der Waals surface area contributed by atoms with E-state index >= 15 is 0 Å². The molecule has 0 aromatic carbocycles. The topological polar surface area (TPSA) is 12.4 Å². The highest BCUT2D eigenvalue weighted by atomic mass is 15.4. The van der Waals surface area contributed by atoms with Gasteiger partial charge in [0, 0.05) is 0 Å². The van der Waals surface area contributed by atoms with E-state index in [0.29, 0.717) is 0 Å². The minimum atomic E-state index is 0.966. The average Bonchev–Trinajstić information content (AvgIpc) is 2.73. The van der Waals surface area contributed by atoms with Crippen LogP contribution in [0.4, 0.5) is 0 Å². The van der Waals surface area contributed by atoms with Gasteiger partial charge in [-0.2, -0.15) is 0 Å². The van der Waals surface area contributed by atoms with Gasteiger partial charge in [-0.05, 0) is 19.8 Å². The number of hydrogen-bond donors (Lipinski definition) is 0. The first-order valence-corrected chi connectivity index (χ1v) is 6.41. The molecule has 1 aliphatic rings. The van der Waals surface area contributed by atoms with Crippen molar-refractivity contribution in [1.29, 1.82) is 0 Å². The highest BCUT2D eigenvalue weighted by Crippen LogP contribution is 2.14. The summed E-state index contributed by atoms with van der Waals surface area (Å²) in [7, 11) is 0. The van der Waals surface area contributed by atoms with Crippen molar-refractivity contribution < 1.29 is 4.48 Å². The monoisotopic (exact) mass is 209 g/mol. The molecule has 1 heterocycles. The van der Waals surface area contributed by atoms with Crippen molar-refractivity contribution >= 4 is 6.34 Å². The summed E-state index contributed by atoms with van der Waals surface area (Å²) in [6.45, 7) is 6.86. The molecule has 0 bridgehead atoms. The van der Waals surface area contributed by atoms with Crippen LogP contribution >= 0.6 is 0 Å². The van der Waals surface area contributed by atoms with Gasteiger partial charge >= 0.3 is 0 Å². The van der Waals surface area contributed by atoms with E-state index in [1.165, 1.54) is 45.1 Å². The first-order valence-electron chi connectivity index (χ1n) is 6.41. The molecule has 2 nitrogen and oxygen atoms in total. The first-order chi connectivity index (χ1) is 7.33. The second-order valence-electron chi connectivity index (χ2n) is 4.47. The molecule has 15 heavy (non-hydrogen) atoms. The Morgan fingerprint density at radius 2 is 1.73 bits per heavy atom. The third-order valence-electron chi connectivity index (χ3n) is 3.26. The van der Waals surface area contributed by atoms with E-state index in [1.807, 2.05) is 6.20 Å². The number of aliphatic imine (C=N–C) groups is 1. The molecule has 0 saturated heterocycles. The van der Waals surface area contributed by atoms with Gasteiger partial charge in [0.1, 0.15) is 6.20 Å². The highest BCUT2D eigenvalue weighted by Gasteiger charge is 2.22. The van der Waals surface area contributed by atoms with Crippen molar-refractivity contribution in [3.8, 4) is 0 Å². The fourth-order valence-corrected chi connectivity index (χ4v) is 2.04. The average molecular weight is 209 g/mol. The lowest BCUT2D eigenvalue weighted by molar-refractivity contribution is -0.777. The largest absolute Gasteiger partial charge is 0.254 e. The molecule has 1 rings (SSSR count). The Balaban J connectivity index is 2.08. The fourth-order valence-electron chi connectivity index (χ4n) is 2.04. The van der Waals surface area contributed by atoms with E-state index in [0.717, 1.165) is 11.0 Å². The van der Waals surface area contributed by atoms with Crippen molar-refractivity contribution in [1.82, 2.24) is 0 Å². The molecule has 0 saturated carbocycles. The molecule has 0 aliphatic carbocycles. The molecule has 1 unspecified atom stereocenters. The van der Waals surface area contributed by atoms with Crippen LogP contribution in [0.1, 0.15) is 52.4 Å². The van der Waals surface area contributed by atoms with E-state index in [9.17, 15) is 0 Å². The van der Waals surface area contributed by atoms with Crippen molar-refractivity contribution in [2.45, 2.75) is 52.4 Å². The Bertz CT molecular complexity index is 207. The number of unbranched alkanes of at least 4 members (excludes halogenated alkanes) is 5. The normalized spacial score (nSPS) is 23.9. The molecular weight excluding hydrogens is 184 g/mol. The minimum Gasteiger partial charge on any atom is -0.254 e. The summed E-state index contributed by atoms with van der Waals surface area (Å²) in [6.07, 6.45) is 14.5. The second-order valence-corrected chi connectivity index (χ2v) is 4.47. The molecule has 0 fully saturated rings. The molecular formula is C13H25N2+. The molecule has 2 heteroatoms. The van der Waals surface area contributed by atoms with Crippen molar-refractivity contribution in [3.63, 3.8) is 0 Å². The molecule has 1 atom stereocenters. The Morgan fingerprint density at radius 3 is 2.33 bits per heavy atom. The lowest BCUT2D eigenvalue weighted by atomic mass is 10.1. The van der Waals surface area contributed by atoms with Gasteiger partial charge in [-0.25, -0.2) is 4.99 Å². The summed E-state index contributed by atoms with van der Waals surface area (Å²) < 4.78 is 0.966. The Morgan fingerprint density at radius 1 is 1.00 bits per heavy atom. The number of nitrogens with zero attached hydrogens (tertiary/aromatic N) is 2. The summed E-state index contributed by atoms with van der Waals surface area (Å²) in [5, 5.41) is 0. The predicted molar refractivity (Wildman–Crippen MR) is 66.7 cm³/mol. The highest BCUT2D eigenvalue weighted by molar-refractivity contribution is 5.50. The zero-order valence-corrected chi connectivity index (χ0v) is 10.3. The maximum absolute atomic E-state index is 4.20. The zero-order chi connectivity index (χ0) is 11.0. The van der Waals surface area contributed by atoms with Crippen molar-refractivity contribution in [2.24, 2.45) is 4.99 Å². The summed E-state index contributed by atoms with van der Waals surface area (Å²) in [5.41, 5.74) is 0. The van der Waals surface area contributed by atoms with E-state index in [-0.39, 0.29) is 0 Å². The van der Waals surface area contributed by atoms with Gasteiger partial charge in [0.25, 0.3) is 0 Å². The summed E-state index contributed by atoms with van der Waals surface area (Å²) in [4.78, 5) is 4.20. The molecule has 0 radical (unpaired) electrons. The Hall–Kier alpha value is -0.630. The summed E-state index contributed by atoms with van der Waals surface area (Å²) in [6, 6.07) is 0. The van der Waals surface area contributed by atoms with Crippen molar-refractivity contribution in [3.05, 3.63) is 12.4 Å². The van der Waals surface area contributed by atoms with Gasteiger partial charge in [-0.1, -0.05) is 32.6 Å². The summed E-state index contributed by atoms with van der Waals surface area (Å²) in [5.74, 6) is 0. The third kappa shape index (κ3) is 4.17. The van der Waals surface area contributed by atoms with E-state index in [2.05, 4.69) is 31.4 Å². The van der Waals surface area contributed by atoms with Crippen LogP contribution in [0.25, 0.3) is 0 Å². The molecule has 0 aromatic heterocycles. The van der Waals surface area contributed by atoms with Crippen LogP contribution in [-0.2, 0) is 0 Å². The Kier molecular flexibility index (Phi) is 5.62. The smallest absolute Gasteiger partial charge is 0.194 e. The van der Waals surface area contributed by atoms with Crippen LogP contribution < -0.4 is 0 Å². The number of quaternary nitrogens is 1. The molecule has 86 valence electrons. The fraction of sp³-hybridized carbons (Fsp3) is 0.769. The third-order valence-corrected chi connectivity index (χ3v) is 3.26. The Labute approximate surface area is 94.3 Å². The lowest BCUT2D eigenvalue weighted by Gasteiger charge is -2.25. The van der Waals surface area contributed by atoms with Gasteiger partial charge in [0.15, 0.2) is 6.34 Å². The van der Waals surface area contributed by atoms with Gasteiger partial charge in [0.05, 0.1) is 19.3 Å². The van der Waals surface area contributed by atoms with Crippen LogP contribution in [0.5, 0.6) is 0 Å². The van der Waals surface area contributed by atoms with E-state index < -0.39 is 0 Å². The van der Waals surface area contributed by atoms with E-state index in [4.69, 9.17) is 0 Å². The number of hydrogen-bond acceptors (Lipinski definition) is 1. The first kappa shape index (κ1) is 12.4. The van der Waals surface area contributed by atoms with Crippen LogP contribution in [-0.4, -0.2) is 23.9 Å². The van der Waals surface area contributed by atoms with Crippen LogP contribution in [0.2, 0.25) is 0 Å².